The second kappa shape index (κ2) is 5.63. The molecule has 1 N–H and O–H groups in total. The fourth-order valence-corrected chi connectivity index (χ4v) is 1.62. The van der Waals surface area contributed by atoms with Gasteiger partial charge in [-0.05, 0) is 39.0 Å². The average molecular weight is 193 g/mol. The molecule has 0 aromatic rings. The molecular formula is C12H19NO. The van der Waals surface area contributed by atoms with Crippen molar-refractivity contribution in [1.29, 1.82) is 0 Å². The minimum absolute atomic E-state index is 0.0265. The number of hydrogen-bond donors (Lipinski definition) is 1. The van der Waals surface area contributed by atoms with Gasteiger partial charge >= 0.3 is 0 Å². The maximum Gasteiger partial charge on any atom is 0.246 e. The van der Waals surface area contributed by atoms with Crippen LogP contribution < -0.4 is 5.32 Å². The molecule has 0 radical (unpaired) electrons. The molecule has 0 atom stereocenters. The van der Waals surface area contributed by atoms with Crippen molar-refractivity contribution in [1.82, 2.24) is 5.32 Å². The maximum atomic E-state index is 11.2. The molecule has 0 unspecified atom stereocenters. The molecule has 0 saturated heterocycles. The number of amides is 1. The first-order valence-electron chi connectivity index (χ1n) is 5.32. The van der Waals surface area contributed by atoms with Gasteiger partial charge in [-0.1, -0.05) is 18.2 Å². The first-order chi connectivity index (χ1) is 6.70. The molecule has 1 aliphatic carbocycles. The second-order valence-electron chi connectivity index (χ2n) is 3.89. The van der Waals surface area contributed by atoms with Crippen LogP contribution in [-0.4, -0.2) is 12.5 Å². The van der Waals surface area contributed by atoms with Gasteiger partial charge < -0.3 is 5.32 Å². The molecule has 0 heterocycles. The smallest absolute Gasteiger partial charge is 0.246 e. The minimum atomic E-state index is -0.0265. The summed E-state index contributed by atoms with van der Waals surface area (Å²) in [5.41, 5.74) is 2.08. The van der Waals surface area contributed by atoms with E-state index < -0.39 is 0 Å². The zero-order valence-electron chi connectivity index (χ0n) is 8.94. The summed E-state index contributed by atoms with van der Waals surface area (Å²) >= 11 is 0. The van der Waals surface area contributed by atoms with Gasteiger partial charge in [-0.25, -0.2) is 0 Å². The molecule has 0 aromatic carbocycles. The third-order valence-electron chi connectivity index (χ3n) is 2.50. The van der Waals surface area contributed by atoms with Crippen LogP contribution in [0.2, 0.25) is 0 Å². The Labute approximate surface area is 86.1 Å². The Kier molecular flexibility index (Phi) is 4.44. The molecule has 0 fully saturated rings. The van der Waals surface area contributed by atoms with Gasteiger partial charge in [0.25, 0.3) is 0 Å². The monoisotopic (exact) mass is 193 g/mol. The van der Waals surface area contributed by atoms with Gasteiger partial charge in [0.1, 0.15) is 0 Å². The van der Waals surface area contributed by atoms with E-state index >= 15 is 0 Å². The lowest BCUT2D eigenvalue weighted by atomic mass is 9.97. The third kappa shape index (κ3) is 3.77. The number of carbonyl (C=O) groups excluding carboxylic acids is 1. The highest BCUT2D eigenvalue weighted by atomic mass is 16.1. The largest absolute Gasteiger partial charge is 0.352 e. The van der Waals surface area contributed by atoms with Crippen molar-refractivity contribution in [2.24, 2.45) is 0 Å². The summed E-state index contributed by atoms with van der Waals surface area (Å²) in [6.07, 6.45) is 8.37. The molecule has 78 valence electrons. The first-order valence-corrected chi connectivity index (χ1v) is 5.32. The van der Waals surface area contributed by atoms with Gasteiger partial charge in [0.2, 0.25) is 5.91 Å². The summed E-state index contributed by atoms with van der Waals surface area (Å²) in [6.45, 7) is 6.07. The van der Waals surface area contributed by atoms with E-state index in [1.807, 2.05) is 0 Å². The molecule has 0 bridgehead atoms. The quantitative estimate of drug-likeness (QED) is 0.539. The molecule has 1 rings (SSSR count). The topological polar surface area (TPSA) is 29.1 Å². The molecule has 0 aromatic heterocycles. The van der Waals surface area contributed by atoms with Crippen molar-refractivity contribution < 1.29 is 4.79 Å². The zero-order valence-corrected chi connectivity index (χ0v) is 8.94. The summed E-state index contributed by atoms with van der Waals surface area (Å²) < 4.78 is 0. The van der Waals surface area contributed by atoms with Crippen molar-refractivity contribution in [3.63, 3.8) is 0 Å². The van der Waals surface area contributed by atoms with Crippen LogP contribution in [0.4, 0.5) is 0 Å². The van der Waals surface area contributed by atoms with Crippen LogP contribution in [-0.2, 0) is 4.79 Å². The van der Waals surface area contributed by atoms with E-state index in [0.717, 1.165) is 13.0 Å². The van der Waals surface area contributed by atoms with Crippen LogP contribution in [0.3, 0.4) is 0 Å². The molecule has 2 nitrogen and oxygen atoms in total. The Morgan fingerprint density at radius 2 is 2.36 bits per heavy atom. The van der Waals surface area contributed by atoms with Crippen molar-refractivity contribution in [3.05, 3.63) is 23.8 Å². The SMILES string of the molecule is C=C(C)C(=O)NCCC1=CCCCC1. The van der Waals surface area contributed by atoms with Crippen LogP contribution in [0.1, 0.15) is 39.0 Å². The fraction of sp³-hybridized carbons (Fsp3) is 0.583. The third-order valence-corrected chi connectivity index (χ3v) is 2.50. The number of rotatable bonds is 4. The van der Waals surface area contributed by atoms with Gasteiger partial charge in [-0.2, -0.15) is 0 Å². The lowest BCUT2D eigenvalue weighted by molar-refractivity contribution is -0.117. The van der Waals surface area contributed by atoms with Crippen molar-refractivity contribution in [2.75, 3.05) is 6.54 Å². The molecule has 0 aliphatic heterocycles. The maximum absolute atomic E-state index is 11.2. The molecule has 0 spiro atoms. The van der Waals surface area contributed by atoms with Gasteiger partial charge in [-0.15, -0.1) is 0 Å². The molecular weight excluding hydrogens is 174 g/mol. The lowest BCUT2D eigenvalue weighted by Crippen LogP contribution is -2.25. The number of hydrogen-bond acceptors (Lipinski definition) is 1. The van der Waals surface area contributed by atoms with E-state index in [0.29, 0.717) is 5.57 Å². The van der Waals surface area contributed by atoms with E-state index in [2.05, 4.69) is 18.0 Å². The van der Waals surface area contributed by atoms with E-state index in [-0.39, 0.29) is 5.91 Å². The van der Waals surface area contributed by atoms with Crippen LogP contribution in [0.25, 0.3) is 0 Å². The Balaban J connectivity index is 2.17. The van der Waals surface area contributed by atoms with Crippen molar-refractivity contribution in [3.8, 4) is 0 Å². The second-order valence-corrected chi connectivity index (χ2v) is 3.89. The van der Waals surface area contributed by atoms with Gasteiger partial charge in [0.05, 0.1) is 0 Å². The summed E-state index contributed by atoms with van der Waals surface area (Å²) in [6, 6.07) is 0. The number of nitrogens with one attached hydrogen (secondary N) is 1. The summed E-state index contributed by atoms with van der Waals surface area (Å²) in [5.74, 6) is -0.0265. The van der Waals surface area contributed by atoms with Crippen LogP contribution in [0.15, 0.2) is 23.8 Å². The standard InChI is InChI=1S/C12H19NO/c1-10(2)12(14)13-9-8-11-6-4-3-5-7-11/h6H,1,3-5,7-9H2,2H3,(H,13,14). The Hall–Kier alpha value is -1.05. The highest BCUT2D eigenvalue weighted by Crippen LogP contribution is 2.19. The summed E-state index contributed by atoms with van der Waals surface area (Å²) in [4.78, 5) is 11.2. The zero-order chi connectivity index (χ0) is 10.4. The predicted molar refractivity (Wildman–Crippen MR) is 59.0 cm³/mol. The Bertz CT molecular complexity index is 253. The normalized spacial score (nSPS) is 15.9. The number of allylic oxidation sites excluding steroid dienone is 1. The highest BCUT2D eigenvalue weighted by Gasteiger charge is 2.04. The fourth-order valence-electron chi connectivity index (χ4n) is 1.62. The van der Waals surface area contributed by atoms with Crippen molar-refractivity contribution >= 4 is 5.91 Å². The van der Waals surface area contributed by atoms with E-state index in [1.54, 1.807) is 6.92 Å². The minimum Gasteiger partial charge on any atom is -0.352 e. The molecule has 0 saturated carbocycles. The predicted octanol–water partition coefficient (Wildman–Crippen LogP) is 2.57. The molecule has 14 heavy (non-hydrogen) atoms. The number of carbonyl (C=O) groups is 1. The van der Waals surface area contributed by atoms with Gasteiger partial charge in [-0.3, -0.25) is 4.79 Å². The van der Waals surface area contributed by atoms with Crippen molar-refractivity contribution in [2.45, 2.75) is 39.0 Å². The van der Waals surface area contributed by atoms with Gasteiger partial charge in [0, 0.05) is 12.1 Å². The first kappa shape index (κ1) is 11.0. The summed E-state index contributed by atoms with van der Waals surface area (Å²) in [7, 11) is 0. The lowest BCUT2D eigenvalue weighted by Gasteiger charge is -2.12. The molecule has 1 amide bonds. The van der Waals surface area contributed by atoms with Crippen LogP contribution in [0, 0.1) is 0 Å². The Morgan fingerprint density at radius 3 is 2.93 bits per heavy atom. The van der Waals surface area contributed by atoms with E-state index in [9.17, 15) is 4.79 Å². The average Bonchev–Trinajstić information content (AvgIpc) is 2.19. The summed E-state index contributed by atoms with van der Waals surface area (Å²) in [5, 5.41) is 2.85. The van der Waals surface area contributed by atoms with E-state index in [4.69, 9.17) is 0 Å². The molecule has 2 heteroatoms. The van der Waals surface area contributed by atoms with Crippen LogP contribution in [0.5, 0.6) is 0 Å². The molecule has 1 aliphatic rings. The van der Waals surface area contributed by atoms with Crippen LogP contribution >= 0.6 is 0 Å². The van der Waals surface area contributed by atoms with E-state index in [1.165, 1.54) is 31.3 Å². The van der Waals surface area contributed by atoms with Gasteiger partial charge in [0.15, 0.2) is 0 Å². The highest BCUT2D eigenvalue weighted by molar-refractivity contribution is 5.92. The Morgan fingerprint density at radius 1 is 1.57 bits per heavy atom.